The quantitative estimate of drug-likeness (QED) is 0.496. The Hall–Kier alpha value is -2.33. The van der Waals surface area contributed by atoms with Crippen LogP contribution in [0.25, 0.3) is 0 Å². The molecule has 1 aromatic carbocycles. The second-order valence-corrected chi connectivity index (χ2v) is 9.67. The van der Waals surface area contributed by atoms with Crippen LogP contribution < -0.4 is 9.62 Å². The zero-order valence-corrected chi connectivity index (χ0v) is 18.9. The molecule has 0 fully saturated rings. The first-order valence-electron chi connectivity index (χ1n) is 9.06. The molecule has 0 aliphatic rings. The van der Waals surface area contributed by atoms with E-state index in [1.54, 1.807) is 46.0 Å². The topological polar surface area (TPSA) is 105 Å². The van der Waals surface area contributed by atoms with Crippen LogP contribution in [0.4, 0.5) is 10.5 Å². The van der Waals surface area contributed by atoms with Crippen molar-refractivity contribution >= 4 is 27.8 Å². The number of hydrogen-bond acceptors (Lipinski definition) is 7. The van der Waals surface area contributed by atoms with Gasteiger partial charge in [-0.1, -0.05) is 6.07 Å². The number of nitrogens with zero attached hydrogens (tertiary/aromatic N) is 2. The third-order valence-electron chi connectivity index (χ3n) is 3.96. The van der Waals surface area contributed by atoms with Crippen molar-refractivity contribution in [1.29, 1.82) is 0 Å². The summed E-state index contributed by atoms with van der Waals surface area (Å²) in [5.41, 5.74) is 0.624. The number of methoxy groups -OCH3 is 1. The minimum Gasteiger partial charge on any atom is -0.465 e. The number of likely N-dealkylation sites (N-methyl/N-ethyl adjacent to an activating group) is 1. The van der Waals surface area contributed by atoms with E-state index < -0.39 is 27.7 Å². The lowest BCUT2D eigenvalue weighted by atomic mass is 10.1. The molecule has 1 N–H and O–H groups in total. The molecule has 0 atom stereocenters. The molecule has 0 unspecified atom stereocenters. The van der Waals surface area contributed by atoms with Crippen LogP contribution >= 0.6 is 0 Å². The molecule has 29 heavy (non-hydrogen) atoms. The van der Waals surface area contributed by atoms with E-state index in [4.69, 9.17) is 9.47 Å². The second-order valence-electron chi connectivity index (χ2n) is 7.65. The van der Waals surface area contributed by atoms with Gasteiger partial charge in [0.1, 0.15) is 5.60 Å². The summed E-state index contributed by atoms with van der Waals surface area (Å²) in [7, 11) is 0.746. The largest absolute Gasteiger partial charge is 0.465 e. The molecule has 1 rings (SSSR count). The predicted molar refractivity (Wildman–Crippen MR) is 112 cm³/mol. The summed E-state index contributed by atoms with van der Waals surface area (Å²) in [6.45, 7) is 6.79. The Morgan fingerprint density at radius 1 is 1.17 bits per heavy atom. The third kappa shape index (κ3) is 7.90. The molecule has 9 nitrogen and oxygen atoms in total. The van der Waals surface area contributed by atoms with Crippen LogP contribution in [0.5, 0.6) is 0 Å². The first-order chi connectivity index (χ1) is 13.3. The molecule has 0 heterocycles. The van der Waals surface area contributed by atoms with Gasteiger partial charge in [0.05, 0.1) is 24.6 Å². The molecule has 0 aliphatic carbocycles. The van der Waals surface area contributed by atoms with E-state index in [1.807, 2.05) is 0 Å². The highest BCUT2D eigenvalue weighted by atomic mass is 32.2. The Morgan fingerprint density at radius 3 is 2.31 bits per heavy atom. The lowest BCUT2D eigenvalue weighted by molar-refractivity contribution is 0.0300. The molecule has 0 spiro atoms. The Balaban J connectivity index is 2.76. The van der Waals surface area contributed by atoms with Crippen molar-refractivity contribution in [3.63, 3.8) is 0 Å². The summed E-state index contributed by atoms with van der Waals surface area (Å²) in [5.74, 6) is -0.623. The SMILES string of the molecule is COC(=O)c1cc(CNCCN(C)C(=O)OC(C)(C)C)ccc1N(C)S(C)(=O)=O. The van der Waals surface area contributed by atoms with Crippen molar-refractivity contribution in [3.05, 3.63) is 29.3 Å². The van der Waals surface area contributed by atoms with E-state index in [-0.39, 0.29) is 11.3 Å². The monoisotopic (exact) mass is 429 g/mol. The van der Waals surface area contributed by atoms with Crippen molar-refractivity contribution in [2.45, 2.75) is 32.9 Å². The highest BCUT2D eigenvalue weighted by Gasteiger charge is 2.21. The van der Waals surface area contributed by atoms with Crippen molar-refractivity contribution in [3.8, 4) is 0 Å². The average Bonchev–Trinajstić information content (AvgIpc) is 2.61. The summed E-state index contributed by atoms with van der Waals surface area (Å²) in [6, 6.07) is 4.89. The van der Waals surface area contributed by atoms with Gasteiger partial charge in [-0.25, -0.2) is 18.0 Å². The number of amides is 1. The van der Waals surface area contributed by atoms with Gasteiger partial charge in [0.25, 0.3) is 0 Å². The zero-order valence-electron chi connectivity index (χ0n) is 18.1. The Kier molecular flexibility index (Phi) is 8.46. The molecule has 10 heteroatoms. The molecule has 0 bridgehead atoms. The maximum absolute atomic E-state index is 12.1. The number of rotatable bonds is 8. The van der Waals surface area contributed by atoms with Gasteiger partial charge in [-0.15, -0.1) is 0 Å². The summed E-state index contributed by atoms with van der Waals surface area (Å²) < 4.78 is 34.7. The van der Waals surface area contributed by atoms with Crippen LogP contribution in [-0.2, 0) is 26.0 Å². The van der Waals surface area contributed by atoms with Crippen molar-refractivity contribution in [2.75, 3.05) is 44.9 Å². The van der Waals surface area contributed by atoms with Crippen molar-refractivity contribution in [2.24, 2.45) is 0 Å². The molecule has 0 saturated carbocycles. The van der Waals surface area contributed by atoms with Crippen LogP contribution in [0, 0.1) is 0 Å². The fourth-order valence-corrected chi connectivity index (χ4v) is 2.85. The fraction of sp³-hybridized carbons (Fsp3) is 0.579. The fourth-order valence-electron chi connectivity index (χ4n) is 2.33. The second kappa shape index (κ2) is 9.93. The molecule has 0 saturated heterocycles. The lowest BCUT2D eigenvalue weighted by Crippen LogP contribution is -2.37. The Labute approximate surface area is 173 Å². The van der Waals surface area contributed by atoms with Crippen LogP contribution in [-0.4, -0.2) is 71.5 Å². The summed E-state index contributed by atoms with van der Waals surface area (Å²) in [4.78, 5) is 25.5. The van der Waals surface area contributed by atoms with Gasteiger partial charge < -0.3 is 19.7 Å². The van der Waals surface area contributed by atoms with Gasteiger partial charge >= 0.3 is 12.1 Å². The normalized spacial score (nSPS) is 11.7. The van der Waals surface area contributed by atoms with Gasteiger partial charge in [0.2, 0.25) is 10.0 Å². The maximum Gasteiger partial charge on any atom is 0.410 e. The molecular formula is C19H31N3O6S. The minimum absolute atomic E-state index is 0.158. The molecule has 0 aliphatic heterocycles. The maximum atomic E-state index is 12.1. The first-order valence-corrected chi connectivity index (χ1v) is 10.9. The van der Waals surface area contributed by atoms with Crippen LogP contribution in [0.2, 0.25) is 0 Å². The summed E-state index contributed by atoms with van der Waals surface area (Å²) >= 11 is 0. The highest BCUT2D eigenvalue weighted by molar-refractivity contribution is 7.92. The van der Waals surface area contributed by atoms with Gasteiger partial charge in [-0.3, -0.25) is 4.31 Å². The lowest BCUT2D eigenvalue weighted by Gasteiger charge is -2.24. The van der Waals surface area contributed by atoms with Crippen LogP contribution in [0.1, 0.15) is 36.7 Å². The zero-order chi connectivity index (χ0) is 22.4. The standard InChI is InChI=1S/C19H31N3O6S/c1-19(2,3)28-18(24)21(4)11-10-20-13-14-8-9-16(22(5)29(7,25)26)15(12-14)17(23)27-6/h8-9,12,20H,10-11,13H2,1-7H3. The average molecular weight is 430 g/mol. The van der Waals surface area contributed by atoms with Gasteiger partial charge in [-0.2, -0.15) is 0 Å². The number of carbonyl (C=O) groups is 2. The van der Waals surface area contributed by atoms with Crippen molar-refractivity contribution in [1.82, 2.24) is 10.2 Å². The summed E-state index contributed by atoms with van der Waals surface area (Å²) in [5, 5.41) is 3.18. The number of nitrogens with one attached hydrogen (secondary N) is 1. The number of esters is 1. The first kappa shape index (κ1) is 24.7. The van der Waals surface area contributed by atoms with Gasteiger partial charge in [0.15, 0.2) is 0 Å². The molecule has 1 aromatic rings. The van der Waals surface area contributed by atoms with Gasteiger partial charge in [0, 0.05) is 33.7 Å². The molecule has 0 aromatic heterocycles. The number of carbonyl (C=O) groups excluding carboxylic acids is 2. The highest BCUT2D eigenvalue weighted by Crippen LogP contribution is 2.24. The van der Waals surface area contributed by atoms with Crippen LogP contribution in [0.3, 0.4) is 0 Å². The third-order valence-corrected chi connectivity index (χ3v) is 5.15. The molecule has 164 valence electrons. The number of anilines is 1. The van der Waals surface area contributed by atoms with Crippen molar-refractivity contribution < 1.29 is 27.5 Å². The van der Waals surface area contributed by atoms with Gasteiger partial charge in [-0.05, 0) is 38.5 Å². The van der Waals surface area contributed by atoms with E-state index in [9.17, 15) is 18.0 Å². The predicted octanol–water partition coefficient (Wildman–Crippen LogP) is 1.83. The van der Waals surface area contributed by atoms with E-state index >= 15 is 0 Å². The number of ether oxygens (including phenoxy) is 2. The van der Waals surface area contributed by atoms with E-state index in [0.717, 1.165) is 16.1 Å². The molecule has 1 amide bonds. The summed E-state index contributed by atoms with van der Waals surface area (Å²) in [6.07, 6.45) is 0.658. The molecular weight excluding hydrogens is 398 g/mol. The van der Waals surface area contributed by atoms with Crippen LogP contribution in [0.15, 0.2) is 18.2 Å². The minimum atomic E-state index is -3.52. The number of benzene rings is 1. The Bertz CT molecular complexity index is 833. The van der Waals surface area contributed by atoms with E-state index in [1.165, 1.54) is 19.1 Å². The van der Waals surface area contributed by atoms with E-state index in [2.05, 4.69) is 5.32 Å². The Morgan fingerprint density at radius 2 is 1.79 bits per heavy atom. The number of sulfonamides is 1. The smallest absolute Gasteiger partial charge is 0.410 e. The number of hydrogen-bond donors (Lipinski definition) is 1. The van der Waals surface area contributed by atoms with E-state index in [0.29, 0.717) is 19.6 Å². The molecule has 0 radical (unpaired) electrons.